The Morgan fingerprint density at radius 2 is 2.00 bits per heavy atom. The average molecular weight is 425 g/mol. The van der Waals surface area contributed by atoms with Crippen LogP contribution in [0, 0.1) is 0 Å². The zero-order valence-corrected chi connectivity index (χ0v) is 18.2. The number of hydrogen-bond donors (Lipinski definition) is 1. The van der Waals surface area contributed by atoms with Gasteiger partial charge in [0.25, 0.3) is 5.91 Å². The van der Waals surface area contributed by atoms with E-state index in [1.165, 1.54) is 9.80 Å². The number of para-hydroxylation sites is 1. The lowest BCUT2D eigenvalue weighted by Crippen LogP contribution is -2.43. The average Bonchev–Trinajstić information content (AvgIpc) is 2.83. The molecular formula is C23H27N3O5. The molecule has 0 spiro atoms. The van der Waals surface area contributed by atoms with Crippen LogP contribution in [0.5, 0.6) is 0 Å². The Balaban J connectivity index is 1.85. The van der Waals surface area contributed by atoms with E-state index in [4.69, 9.17) is 4.74 Å². The second-order valence-electron chi connectivity index (χ2n) is 8.52. The first-order valence-corrected chi connectivity index (χ1v) is 10.1. The maximum Gasteiger partial charge on any atom is 0.410 e. The Morgan fingerprint density at radius 3 is 2.68 bits per heavy atom. The van der Waals surface area contributed by atoms with Crippen molar-refractivity contribution >= 4 is 29.4 Å². The molecule has 0 radical (unpaired) electrons. The van der Waals surface area contributed by atoms with Crippen molar-refractivity contribution in [3.8, 4) is 0 Å². The fourth-order valence-corrected chi connectivity index (χ4v) is 3.48. The Bertz CT molecular complexity index is 987. The molecule has 164 valence electrons. The maximum atomic E-state index is 13.3. The van der Waals surface area contributed by atoms with E-state index in [2.05, 4.69) is 4.99 Å². The van der Waals surface area contributed by atoms with Gasteiger partial charge in [0.1, 0.15) is 17.9 Å². The van der Waals surface area contributed by atoms with E-state index >= 15 is 0 Å². The molecule has 1 N–H and O–H groups in total. The molecule has 1 unspecified atom stereocenters. The summed E-state index contributed by atoms with van der Waals surface area (Å²) < 4.78 is 5.44. The number of fused-ring (bicyclic) bond motifs is 1. The summed E-state index contributed by atoms with van der Waals surface area (Å²) in [4.78, 5) is 44.4. The van der Waals surface area contributed by atoms with Gasteiger partial charge in [-0.25, -0.2) is 4.79 Å². The number of allylic oxidation sites excluding steroid dienone is 2. The lowest BCUT2D eigenvalue weighted by Gasteiger charge is -2.31. The van der Waals surface area contributed by atoms with Crippen molar-refractivity contribution in [1.29, 1.82) is 0 Å². The number of aliphatic imine (C=N–C) groups is 1. The highest BCUT2D eigenvalue weighted by Crippen LogP contribution is 2.28. The summed E-state index contributed by atoms with van der Waals surface area (Å²) in [7, 11) is 1.65. The molecule has 0 saturated heterocycles. The molecule has 1 aliphatic carbocycles. The van der Waals surface area contributed by atoms with Crippen LogP contribution in [-0.4, -0.2) is 58.9 Å². The second kappa shape index (κ2) is 8.75. The van der Waals surface area contributed by atoms with E-state index < -0.39 is 30.1 Å². The van der Waals surface area contributed by atoms with Gasteiger partial charge in [-0.3, -0.25) is 19.5 Å². The van der Waals surface area contributed by atoms with Crippen LogP contribution in [0.3, 0.4) is 0 Å². The van der Waals surface area contributed by atoms with E-state index in [9.17, 15) is 19.5 Å². The van der Waals surface area contributed by atoms with Crippen molar-refractivity contribution in [3.63, 3.8) is 0 Å². The predicted octanol–water partition coefficient (Wildman–Crippen LogP) is 3.18. The molecule has 0 saturated carbocycles. The van der Waals surface area contributed by atoms with E-state index in [0.29, 0.717) is 17.7 Å². The van der Waals surface area contributed by atoms with Gasteiger partial charge in [0.05, 0.1) is 12.6 Å². The number of carbonyl (C=O) groups excluding carboxylic acids is 2. The molecule has 1 aliphatic heterocycles. The fraction of sp³-hybridized carbons (Fsp3) is 0.391. The van der Waals surface area contributed by atoms with Crippen LogP contribution >= 0.6 is 0 Å². The Hall–Kier alpha value is -3.42. The third-order valence-electron chi connectivity index (χ3n) is 4.97. The van der Waals surface area contributed by atoms with E-state index in [-0.39, 0.29) is 18.3 Å². The van der Waals surface area contributed by atoms with Gasteiger partial charge in [-0.2, -0.15) is 0 Å². The molecular weight excluding hydrogens is 398 g/mol. The number of anilines is 1. The van der Waals surface area contributed by atoms with Crippen LogP contribution in [0.4, 0.5) is 10.5 Å². The maximum absolute atomic E-state index is 13.3. The van der Waals surface area contributed by atoms with Gasteiger partial charge in [-0.1, -0.05) is 36.4 Å². The monoisotopic (exact) mass is 425 g/mol. The van der Waals surface area contributed by atoms with Crippen LogP contribution in [0.2, 0.25) is 0 Å². The summed E-state index contributed by atoms with van der Waals surface area (Å²) in [6, 6.07) is 6.84. The smallest absolute Gasteiger partial charge is 0.410 e. The molecule has 1 aromatic rings. The van der Waals surface area contributed by atoms with Crippen LogP contribution in [0.1, 0.15) is 32.8 Å². The summed E-state index contributed by atoms with van der Waals surface area (Å²) in [5.41, 5.74) is 1.57. The third-order valence-corrected chi connectivity index (χ3v) is 4.97. The standard InChI is InChI=1S/C23H27N3O5/c1-23(2,3)31-22(30)25(4)17-10-7-9-15(12-17)20-21(29)26(14-19(27)28)18-11-6-5-8-16(18)13-24-20/h5-11,17H,12-14H2,1-4H3,(H,27,28). The quantitative estimate of drug-likeness (QED) is 0.799. The molecule has 1 atom stereocenters. The number of carboxylic acid groups (broad SMARTS) is 1. The Labute approximate surface area is 181 Å². The number of carboxylic acids is 1. The van der Waals surface area contributed by atoms with Crippen molar-refractivity contribution in [1.82, 2.24) is 4.90 Å². The van der Waals surface area contributed by atoms with Crippen LogP contribution < -0.4 is 4.90 Å². The van der Waals surface area contributed by atoms with E-state index in [1.54, 1.807) is 52.1 Å². The summed E-state index contributed by atoms with van der Waals surface area (Å²) in [6.07, 6.45) is 5.33. The zero-order chi connectivity index (χ0) is 22.8. The van der Waals surface area contributed by atoms with E-state index in [1.807, 2.05) is 18.2 Å². The number of rotatable bonds is 4. The summed E-state index contributed by atoms with van der Waals surface area (Å²) in [5.74, 6) is -1.57. The molecule has 1 heterocycles. The molecule has 2 amide bonds. The zero-order valence-electron chi connectivity index (χ0n) is 18.2. The predicted molar refractivity (Wildman–Crippen MR) is 117 cm³/mol. The molecule has 31 heavy (non-hydrogen) atoms. The first-order chi connectivity index (χ1) is 14.6. The SMILES string of the molecule is CN(C(=O)OC(C)(C)C)C1C=CC=C(C2=NCc3ccccc3N(CC(=O)O)C2=O)C1. The van der Waals surface area contributed by atoms with Crippen molar-refractivity contribution in [2.24, 2.45) is 4.99 Å². The first-order valence-electron chi connectivity index (χ1n) is 10.1. The number of ether oxygens (including phenoxy) is 1. The van der Waals surface area contributed by atoms with Gasteiger partial charge in [-0.05, 0) is 44.4 Å². The molecule has 0 aromatic heterocycles. The number of aliphatic carboxylic acids is 1. The molecule has 0 bridgehead atoms. The highest BCUT2D eigenvalue weighted by molar-refractivity contribution is 6.50. The highest BCUT2D eigenvalue weighted by atomic mass is 16.6. The first kappa shape index (κ1) is 22.3. The number of nitrogens with zero attached hydrogens (tertiary/aromatic N) is 3. The third kappa shape index (κ3) is 5.20. The van der Waals surface area contributed by atoms with Crippen LogP contribution in [0.15, 0.2) is 53.1 Å². The molecule has 2 aliphatic rings. The molecule has 0 fully saturated rings. The molecule has 3 rings (SSSR count). The van der Waals surface area contributed by atoms with Crippen molar-refractivity contribution in [3.05, 3.63) is 53.6 Å². The van der Waals surface area contributed by atoms with Gasteiger partial charge in [0.15, 0.2) is 0 Å². The fourth-order valence-electron chi connectivity index (χ4n) is 3.48. The van der Waals surface area contributed by atoms with Crippen LogP contribution in [-0.2, 0) is 20.9 Å². The largest absolute Gasteiger partial charge is 0.480 e. The lowest BCUT2D eigenvalue weighted by molar-refractivity contribution is -0.136. The minimum atomic E-state index is -1.11. The molecule has 8 nitrogen and oxygen atoms in total. The molecule has 1 aromatic carbocycles. The number of carbonyl (C=O) groups is 3. The minimum absolute atomic E-state index is 0.212. The second-order valence-corrected chi connectivity index (χ2v) is 8.52. The lowest BCUT2D eigenvalue weighted by atomic mass is 9.95. The van der Waals surface area contributed by atoms with Gasteiger partial charge >= 0.3 is 12.1 Å². The van der Waals surface area contributed by atoms with E-state index in [0.717, 1.165) is 5.56 Å². The number of hydrogen-bond acceptors (Lipinski definition) is 5. The van der Waals surface area contributed by atoms with Gasteiger partial charge in [0, 0.05) is 12.7 Å². The Kier molecular flexibility index (Phi) is 6.29. The Morgan fingerprint density at radius 1 is 1.29 bits per heavy atom. The van der Waals surface area contributed by atoms with Crippen molar-refractivity contribution in [2.45, 2.75) is 45.4 Å². The normalized spacial score (nSPS) is 18.5. The highest BCUT2D eigenvalue weighted by Gasteiger charge is 2.32. The summed E-state index contributed by atoms with van der Waals surface area (Å²) in [5, 5.41) is 9.35. The topological polar surface area (TPSA) is 99.5 Å². The minimum Gasteiger partial charge on any atom is -0.480 e. The molecule has 8 heteroatoms. The van der Waals surface area contributed by atoms with Gasteiger partial charge in [0.2, 0.25) is 0 Å². The van der Waals surface area contributed by atoms with Crippen molar-refractivity contribution in [2.75, 3.05) is 18.5 Å². The van der Waals surface area contributed by atoms with Gasteiger partial charge < -0.3 is 14.7 Å². The summed E-state index contributed by atoms with van der Waals surface area (Å²) >= 11 is 0. The number of amides is 2. The number of likely N-dealkylation sites (N-methyl/N-ethyl adjacent to an activating group) is 1. The summed E-state index contributed by atoms with van der Waals surface area (Å²) in [6.45, 7) is 5.21. The van der Waals surface area contributed by atoms with Crippen LogP contribution in [0.25, 0.3) is 0 Å². The van der Waals surface area contributed by atoms with Crippen molar-refractivity contribution < 1.29 is 24.2 Å². The number of benzene rings is 1. The van der Waals surface area contributed by atoms with Gasteiger partial charge in [-0.15, -0.1) is 0 Å².